The zero-order chi connectivity index (χ0) is 15.9. The molecule has 2 fully saturated rings. The Hall–Kier alpha value is -1.40. The van der Waals surface area contributed by atoms with Gasteiger partial charge in [-0.25, -0.2) is 4.98 Å². The van der Waals surface area contributed by atoms with Crippen molar-refractivity contribution in [3.8, 4) is 0 Å². The van der Waals surface area contributed by atoms with E-state index in [4.69, 9.17) is 14.7 Å². The maximum Gasteiger partial charge on any atom is 0.227 e. The van der Waals surface area contributed by atoms with Crippen molar-refractivity contribution in [2.75, 3.05) is 37.5 Å². The van der Waals surface area contributed by atoms with Gasteiger partial charge in [0.25, 0.3) is 0 Å². The molecule has 2 N–H and O–H groups in total. The summed E-state index contributed by atoms with van der Waals surface area (Å²) in [7, 11) is 3.99. The minimum Gasteiger partial charge on any atom is -0.373 e. The summed E-state index contributed by atoms with van der Waals surface area (Å²) in [5.41, 5.74) is 2.56. The highest BCUT2D eigenvalue weighted by Gasteiger charge is 2.42. The van der Waals surface area contributed by atoms with E-state index in [1.807, 2.05) is 19.0 Å². The van der Waals surface area contributed by atoms with Gasteiger partial charge < -0.3 is 20.3 Å². The summed E-state index contributed by atoms with van der Waals surface area (Å²) in [6, 6.07) is 0.372. The van der Waals surface area contributed by atoms with Gasteiger partial charge in [0, 0.05) is 26.2 Å². The quantitative estimate of drug-likeness (QED) is 0.885. The molecule has 126 valence electrons. The summed E-state index contributed by atoms with van der Waals surface area (Å²) in [6.45, 7) is 2.63. The van der Waals surface area contributed by atoms with Crippen LogP contribution in [0.15, 0.2) is 0 Å². The molecule has 1 aromatic rings. The van der Waals surface area contributed by atoms with Crippen molar-refractivity contribution in [3.63, 3.8) is 0 Å². The molecule has 1 unspecified atom stereocenters. The summed E-state index contributed by atoms with van der Waals surface area (Å²) >= 11 is 0. The van der Waals surface area contributed by atoms with E-state index in [0.717, 1.165) is 50.0 Å². The second-order valence-electron chi connectivity index (χ2n) is 7.37. The van der Waals surface area contributed by atoms with Crippen LogP contribution in [0, 0.1) is 0 Å². The molecule has 3 heterocycles. The maximum atomic E-state index is 6.18. The predicted octanol–water partition coefficient (Wildman–Crippen LogP) is 1.70. The van der Waals surface area contributed by atoms with Gasteiger partial charge in [0.05, 0.1) is 23.9 Å². The normalized spacial score (nSPS) is 25.6. The van der Waals surface area contributed by atoms with E-state index in [9.17, 15) is 0 Å². The van der Waals surface area contributed by atoms with Crippen LogP contribution in [0.4, 0.5) is 11.8 Å². The van der Waals surface area contributed by atoms with E-state index in [0.29, 0.717) is 6.04 Å². The third-order valence-electron chi connectivity index (χ3n) is 5.39. The number of fused-ring (bicyclic) bond motifs is 1. The highest BCUT2D eigenvalue weighted by molar-refractivity contribution is 5.52. The Morgan fingerprint density at radius 1 is 1.26 bits per heavy atom. The van der Waals surface area contributed by atoms with Crippen LogP contribution in [-0.4, -0.2) is 48.9 Å². The molecule has 1 aromatic heterocycles. The molecular formula is C17H27N5O. The number of anilines is 2. The Labute approximate surface area is 138 Å². The molecule has 4 rings (SSSR count). The van der Waals surface area contributed by atoms with Gasteiger partial charge in [0.2, 0.25) is 5.95 Å². The summed E-state index contributed by atoms with van der Waals surface area (Å²) in [6.07, 6.45) is 7.17. The third-order valence-corrected chi connectivity index (χ3v) is 5.39. The number of hydrogen-bond donors (Lipinski definition) is 2. The first-order valence-corrected chi connectivity index (χ1v) is 8.84. The Morgan fingerprint density at radius 3 is 2.87 bits per heavy atom. The number of nitrogens with one attached hydrogen (secondary N) is 2. The maximum absolute atomic E-state index is 6.18. The lowest BCUT2D eigenvalue weighted by atomic mass is 9.96. The second-order valence-corrected chi connectivity index (χ2v) is 7.37. The van der Waals surface area contributed by atoms with E-state index >= 15 is 0 Å². The molecule has 1 saturated carbocycles. The summed E-state index contributed by atoms with van der Waals surface area (Å²) in [5, 5.41) is 7.09. The van der Waals surface area contributed by atoms with Crippen LogP contribution in [0.5, 0.6) is 0 Å². The standard InChI is InChI=1S/C17H27N5O/c1-22(2)16-20-14-10-18-8-5-13(14)15(21-16)19-12-9-17(23-11-12)6-3-4-7-17/h12,18H,3-11H2,1-2H3,(H,19,20,21). The molecule has 2 aliphatic heterocycles. The van der Waals surface area contributed by atoms with E-state index in [1.54, 1.807) is 0 Å². The fourth-order valence-electron chi connectivity index (χ4n) is 4.16. The highest BCUT2D eigenvalue weighted by Crippen LogP contribution is 2.41. The number of hydrogen-bond acceptors (Lipinski definition) is 6. The largest absolute Gasteiger partial charge is 0.373 e. The van der Waals surface area contributed by atoms with Gasteiger partial charge in [-0.2, -0.15) is 4.98 Å². The molecule has 0 bridgehead atoms. The van der Waals surface area contributed by atoms with Gasteiger partial charge in [-0.3, -0.25) is 0 Å². The number of aromatic nitrogens is 2. The molecule has 0 radical (unpaired) electrons. The Kier molecular flexibility index (Phi) is 3.89. The average Bonchev–Trinajstić information content (AvgIpc) is 3.17. The van der Waals surface area contributed by atoms with Crippen LogP contribution in [0.3, 0.4) is 0 Å². The van der Waals surface area contributed by atoms with Crippen LogP contribution in [-0.2, 0) is 17.7 Å². The molecular weight excluding hydrogens is 290 g/mol. The molecule has 1 aliphatic carbocycles. The first-order chi connectivity index (χ1) is 11.2. The topological polar surface area (TPSA) is 62.3 Å². The van der Waals surface area contributed by atoms with Gasteiger partial charge in [-0.1, -0.05) is 12.8 Å². The third kappa shape index (κ3) is 2.90. The van der Waals surface area contributed by atoms with Crippen molar-refractivity contribution in [1.82, 2.24) is 15.3 Å². The smallest absolute Gasteiger partial charge is 0.227 e. The number of nitrogens with zero attached hydrogens (tertiary/aromatic N) is 3. The summed E-state index contributed by atoms with van der Waals surface area (Å²) < 4.78 is 6.18. The Morgan fingerprint density at radius 2 is 2.09 bits per heavy atom. The lowest BCUT2D eigenvalue weighted by Gasteiger charge is -2.24. The van der Waals surface area contributed by atoms with E-state index < -0.39 is 0 Å². The first-order valence-electron chi connectivity index (χ1n) is 8.84. The van der Waals surface area contributed by atoms with Crippen molar-refractivity contribution < 1.29 is 4.74 Å². The predicted molar refractivity (Wildman–Crippen MR) is 90.9 cm³/mol. The second kappa shape index (κ2) is 5.91. The molecule has 23 heavy (non-hydrogen) atoms. The van der Waals surface area contributed by atoms with Gasteiger partial charge in [-0.05, 0) is 32.2 Å². The van der Waals surface area contributed by atoms with Crippen molar-refractivity contribution >= 4 is 11.8 Å². The Balaban J connectivity index is 1.57. The van der Waals surface area contributed by atoms with Crippen LogP contribution < -0.4 is 15.5 Å². The molecule has 1 spiro atoms. The SMILES string of the molecule is CN(C)c1nc2c(c(NC3COC4(CCCC4)C3)n1)CCNC2. The van der Waals surface area contributed by atoms with Gasteiger partial charge in [-0.15, -0.1) is 0 Å². The summed E-state index contributed by atoms with van der Waals surface area (Å²) in [5.74, 6) is 1.80. The minimum atomic E-state index is 0.149. The molecule has 1 saturated heterocycles. The number of rotatable bonds is 3. The van der Waals surface area contributed by atoms with Crippen molar-refractivity contribution in [2.45, 2.75) is 56.7 Å². The molecule has 1 atom stereocenters. The molecule has 3 aliphatic rings. The van der Waals surface area contributed by atoms with Gasteiger partial charge >= 0.3 is 0 Å². The Bertz CT molecular complexity index is 583. The van der Waals surface area contributed by atoms with Crippen LogP contribution in [0.25, 0.3) is 0 Å². The number of ether oxygens (including phenoxy) is 1. The minimum absolute atomic E-state index is 0.149. The van der Waals surface area contributed by atoms with E-state index in [2.05, 4.69) is 10.6 Å². The summed E-state index contributed by atoms with van der Waals surface area (Å²) in [4.78, 5) is 11.5. The van der Waals surface area contributed by atoms with Gasteiger partial charge in [0.15, 0.2) is 0 Å². The molecule has 0 aromatic carbocycles. The average molecular weight is 317 g/mol. The van der Waals surface area contributed by atoms with Crippen LogP contribution in [0.1, 0.15) is 43.4 Å². The monoisotopic (exact) mass is 317 g/mol. The molecule has 6 heteroatoms. The van der Waals surface area contributed by atoms with Crippen molar-refractivity contribution in [1.29, 1.82) is 0 Å². The zero-order valence-electron chi connectivity index (χ0n) is 14.2. The first kappa shape index (κ1) is 15.1. The fourth-order valence-corrected chi connectivity index (χ4v) is 4.16. The fraction of sp³-hybridized carbons (Fsp3) is 0.765. The lowest BCUT2D eigenvalue weighted by Crippen LogP contribution is -2.30. The van der Waals surface area contributed by atoms with Crippen molar-refractivity contribution in [3.05, 3.63) is 11.3 Å². The van der Waals surface area contributed by atoms with Crippen LogP contribution in [0.2, 0.25) is 0 Å². The van der Waals surface area contributed by atoms with Crippen molar-refractivity contribution in [2.24, 2.45) is 0 Å². The van der Waals surface area contributed by atoms with Gasteiger partial charge in [0.1, 0.15) is 5.82 Å². The van der Waals surface area contributed by atoms with E-state index in [1.165, 1.54) is 31.2 Å². The highest BCUT2D eigenvalue weighted by atomic mass is 16.5. The van der Waals surface area contributed by atoms with Crippen LogP contribution >= 0.6 is 0 Å². The zero-order valence-corrected chi connectivity index (χ0v) is 14.2. The molecule has 6 nitrogen and oxygen atoms in total. The lowest BCUT2D eigenvalue weighted by molar-refractivity contribution is 0.0103. The molecule has 0 amide bonds. The van der Waals surface area contributed by atoms with E-state index in [-0.39, 0.29) is 5.60 Å².